The first-order valence-electron chi connectivity index (χ1n) is 6.13. The van der Waals surface area contributed by atoms with E-state index in [1.807, 2.05) is 39.0 Å². The molecule has 0 saturated carbocycles. The third-order valence-corrected chi connectivity index (χ3v) is 3.30. The molecular formula is C15H17ClN2O. The molecular weight excluding hydrogens is 260 g/mol. The summed E-state index contributed by atoms with van der Waals surface area (Å²) in [6, 6.07) is 7.65. The van der Waals surface area contributed by atoms with E-state index in [0.717, 1.165) is 28.1 Å². The minimum Gasteiger partial charge on any atom is -0.507 e. The highest BCUT2D eigenvalue weighted by atomic mass is 35.5. The van der Waals surface area contributed by atoms with Gasteiger partial charge in [-0.25, -0.2) is 4.98 Å². The van der Waals surface area contributed by atoms with E-state index in [0.29, 0.717) is 17.4 Å². The molecule has 0 aliphatic rings. The zero-order valence-corrected chi connectivity index (χ0v) is 12.0. The molecule has 100 valence electrons. The van der Waals surface area contributed by atoms with Gasteiger partial charge < -0.3 is 10.4 Å². The SMILES string of the molecule is Cc1cc(CNc2ccc(Cl)nc2C)cc(C)c1O. The molecule has 0 amide bonds. The van der Waals surface area contributed by atoms with E-state index >= 15 is 0 Å². The van der Waals surface area contributed by atoms with Crippen molar-refractivity contribution in [3.05, 3.63) is 51.8 Å². The number of phenolic OH excluding ortho intramolecular Hbond substituents is 1. The van der Waals surface area contributed by atoms with E-state index in [-0.39, 0.29) is 0 Å². The zero-order chi connectivity index (χ0) is 14.0. The second kappa shape index (κ2) is 5.49. The van der Waals surface area contributed by atoms with Gasteiger partial charge in [-0.2, -0.15) is 0 Å². The first-order chi connectivity index (χ1) is 8.97. The highest BCUT2D eigenvalue weighted by Gasteiger charge is 2.05. The maximum atomic E-state index is 9.75. The van der Waals surface area contributed by atoms with Crippen LogP contribution < -0.4 is 5.32 Å². The number of aromatic nitrogens is 1. The maximum Gasteiger partial charge on any atom is 0.129 e. The largest absolute Gasteiger partial charge is 0.507 e. The number of hydrogen-bond acceptors (Lipinski definition) is 3. The molecule has 0 unspecified atom stereocenters. The molecule has 3 nitrogen and oxygen atoms in total. The van der Waals surface area contributed by atoms with E-state index in [2.05, 4.69) is 10.3 Å². The number of aromatic hydroxyl groups is 1. The molecule has 0 bridgehead atoms. The molecule has 4 heteroatoms. The second-order valence-electron chi connectivity index (χ2n) is 4.70. The number of phenols is 1. The lowest BCUT2D eigenvalue weighted by atomic mass is 10.1. The van der Waals surface area contributed by atoms with Crippen LogP contribution in [-0.2, 0) is 6.54 Å². The van der Waals surface area contributed by atoms with E-state index in [1.54, 1.807) is 6.07 Å². The first kappa shape index (κ1) is 13.7. The first-order valence-corrected chi connectivity index (χ1v) is 6.51. The van der Waals surface area contributed by atoms with Crippen LogP contribution in [0.3, 0.4) is 0 Å². The van der Waals surface area contributed by atoms with E-state index < -0.39 is 0 Å². The van der Waals surface area contributed by atoms with Gasteiger partial charge in [0, 0.05) is 6.54 Å². The number of nitrogens with zero attached hydrogens (tertiary/aromatic N) is 1. The average molecular weight is 277 g/mol. The average Bonchev–Trinajstić information content (AvgIpc) is 2.34. The van der Waals surface area contributed by atoms with Gasteiger partial charge in [-0.1, -0.05) is 23.7 Å². The highest BCUT2D eigenvalue weighted by molar-refractivity contribution is 6.29. The fourth-order valence-electron chi connectivity index (χ4n) is 2.06. The smallest absolute Gasteiger partial charge is 0.129 e. The fourth-order valence-corrected chi connectivity index (χ4v) is 2.25. The molecule has 0 aliphatic carbocycles. The summed E-state index contributed by atoms with van der Waals surface area (Å²) in [6.07, 6.45) is 0. The van der Waals surface area contributed by atoms with Gasteiger partial charge in [0.25, 0.3) is 0 Å². The van der Waals surface area contributed by atoms with Gasteiger partial charge in [-0.3, -0.25) is 0 Å². The number of pyridine rings is 1. The summed E-state index contributed by atoms with van der Waals surface area (Å²) in [5.41, 5.74) is 4.75. The molecule has 0 radical (unpaired) electrons. The third-order valence-electron chi connectivity index (χ3n) is 3.09. The third kappa shape index (κ3) is 3.18. The number of anilines is 1. The number of halogens is 1. The molecule has 0 aliphatic heterocycles. The van der Waals surface area contributed by atoms with Crippen molar-refractivity contribution in [2.24, 2.45) is 0 Å². The summed E-state index contributed by atoms with van der Waals surface area (Å²) in [4.78, 5) is 4.20. The molecule has 2 rings (SSSR count). The topological polar surface area (TPSA) is 45.2 Å². The van der Waals surface area contributed by atoms with Crippen molar-refractivity contribution in [3.63, 3.8) is 0 Å². The van der Waals surface area contributed by atoms with Gasteiger partial charge in [0.15, 0.2) is 0 Å². The minimum absolute atomic E-state index is 0.369. The summed E-state index contributed by atoms with van der Waals surface area (Å²) < 4.78 is 0. The predicted molar refractivity (Wildman–Crippen MR) is 78.9 cm³/mol. The van der Waals surface area contributed by atoms with Gasteiger partial charge in [0.1, 0.15) is 10.9 Å². The lowest BCUT2D eigenvalue weighted by Gasteiger charge is -2.11. The van der Waals surface area contributed by atoms with Crippen LogP contribution in [0.25, 0.3) is 0 Å². The lowest BCUT2D eigenvalue weighted by Crippen LogP contribution is -2.03. The highest BCUT2D eigenvalue weighted by Crippen LogP contribution is 2.24. The quantitative estimate of drug-likeness (QED) is 0.834. The van der Waals surface area contributed by atoms with Crippen LogP contribution in [0, 0.1) is 20.8 Å². The fraction of sp³-hybridized carbons (Fsp3) is 0.267. The van der Waals surface area contributed by atoms with Crippen LogP contribution in [0.4, 0.5) is 5.69 Å². The lowest BCUT2D eigenvalue weighted by molar-refractivity contribution is 0.466. The summed E-state index contributed by atoms with van der Waals surface area (Å²) >= 11 is 5.83. The van der Waals surface area contributed by atoms with Crippen molar-refractivity contribution in [3.8, 4) is 5.75 Å². The Balaban J connectivity index is 2.14. The molecule has 0 spiro atoms. The van der Waals surface area contributed by atoms with Crippen LogP contribution in [0.2, 0.25) is 5.15 Å². The van der Waals surface area contributed by atoms with Crippen molar-refractivity contribution in [2.45, 2.75) is 27.3 Å². The number of rotatable bonds is 3. The minimum atomic E-state index is 0.369. The predicted octanol–water partition coefficient (Wildman–Crippen LogP) is 3.98. The van der Waals surface area contributed by atoms with Crippen molar-refractivity contribution in [1.29, 1.82) is 0 Å². The molecule has 0 saturated heterocycles. The van der Waals surface area contributed by atoms with E-state index in [9.17, 15) is 5.11 Å². The summed E-state index contributed by atoms with van der Waals surface area (Å²) in [7, 11) is 0. The van der Waals surface area contributed by atoms with Gasteiger partial charge in [-0.15, -0.1) is 0 Å². The van der Waals surface area contributed by atoms with Crippen LogP contribution in [0.15, 0.2) is 24.3 Å². The Kier molecular flexibility index (Phi) is 3.96. The summed E-state index contributed by atoms with van der Waals surface area (Å²) in [6.45, 7) is 6.41. The van der Waals surface area contributed by atoms with E-state index in [1.165, 1.54) is 0 Å². The van der Waals surface area contributed by atoms with Crippen molar-refractivity contribution in [2.75, 3.05) is 5.32 Å². The Morgan fingerprint density at radius 3 is 2.37 bits per heavy atom. The van der Waals surface area contributed by atoms with Crippen LogP contribution in [0.1, 0.15) is 22.4 Å². The standard InChI is InChI=1S/C15H17ClN2O/c1-9-6-12(7-10(2)15(9)19)8-17-13-4-5-14(16)18-11(13)3/h4-7,17,19H,8H2,1-3H3. The molecule has 2 N–H and O–H groups in total. The Bertz CT molecular complexity index is 588. The van der Waals surface area contributed by atoms with Gasteiger partial charge in [0.2, 0.25) is 0 Å². The van der Waals surface area contributed by atoms with Gasteiger partial charge in [-0.05, 0) is 49.6 Å². The van der Waals surface area contributed by atoms with Crippen molar-refractivity contribution in [1.82, 2.24) is 4.98 Å². The number of aryl methyl sites for hydroxylation is 3. The monoisotopic (exact) mass is 276 g/mol. The molecule has 1 aromatic carbocycles. The molecule has 1 aromatic heterocycles. The number of hydrogen-bond donors (Lipinski definition) is 2. The van der Waals surface area contributed by atoms with Crippen LogP contribution in [0.5, 0.6) is 5.75 Å². The van der Waals surface area contributed by atoms with Crippen LogP contribution >= 0.6 is 11.6 Å². The van der Waals surface area contributed by atoms with Crippen molar-refractivity contribution < 1.29 is 5.11 Å². The number of benzene rings is 1. The van der Waals surface area contributed by atoms with Crippen LogP contribution in [-0.4, -0.2) is 10.1 Å². The van der Waals surface area contributed by atoms with Crippen molar-refractivity contribution >= 4 is 17.3 Å². The van der Waals surface area contributed by atoms with Gasteiger partial charge in [0.05, 0.1) is 11.4 Å². The zero-order valence-electron chi connectivity index (χ0n) is 11.3. The summed E-state index contributed by atoms with van der Waals surface area (Å²) in [5.74, 6) is 0.369. The molecule has 0 atom stereocenters. The molecule has 19 heavy (non-hydrogen) atoms. The maximum absolute atomic E-state index is 9.75. The molecule has 2 aromatic rings. The Labute approximate surface area is 118 Å². The normalized spacial score (nSPS) is 10.5. The van der Waals surface area contributed by atoms with E-state index in [4.69, 9.17) is 11.6 Å². The van der Waals surface area contributed by atoms with Gasteiger partial charge >= 0.3 is 0 Å². The summed E-state index contributed by atoms with van der Waals surface area (Å²) in [5, 5.41) is 13.6. The number of nitrogens with one attached hydrogen (secondary N) is 1. The Hall–Kier alpha value is -1.74. The second-order valence-corrected chi connectivity index (χ2v) is 5.09. The molecule has 0 fully saturated rings. The molecule has 1 heterocycles. The Morgan fingerprint density at radius 1 is 1.16 bits per heavy atom. The Morgan fingerprint density at radius 2 is 1.79 bits per heavy atom.